The van der Waals surface area contributed by atoms with Crippen molar-refractivity contribution >= 4 is 34.3 Å². The molecule has 1 aliphatic heterocycles. The second-order valence-electron chi connectivity index (χ2n) is 4.56. The molecule has 0 aliphatic carbocycles. The van der Waals surface area contributed by atoms with Crippen molar-refractivity contribution in [1.29, 1.82) is 0 Å². The third-order valence-electron chi connectivity index (χ3n) is 3.11. The molecule has 4 nitrogen and oxygen atoms in total. The van der Waals surface area contributed by atoms with E-state index in [0.29, 0.717) is 17.4 Å². The largest absolute Gasteiger partial charge is 0.462 e. The Labute approximate surface area is 122 Å². The SMILES string of the molecule is CCOC(=O)c1c(C)nsc1NCC1CCCCS1. The van der Waals surface area contributed by atoms with Gasteiger partial charge in [-0.15, -0.1) is 0 Å². The molecule has 0 radical (unpaired) electrons. The van der Waals surface area contributed by atoms with E-state index in [1.165, 1.54) is 36.5 Å². The van der Waals surface area contributed by atoms with E-state index in [9.17, 15) is 4.79 Å². The molecule has 2 heterocycles. The number of nitrogens with one attached hydrogen (secondary N) is 1. The summed E-state index contributed by atoms with van der Waals surface area (Å²) in [5, 5.41) is 4.87. The molecule has 1 aromatic rings. The summed E-state index contributed by atoms with van der Waals surface area (Å²) in [5.74, 6) is 0.978. The number of thioether (sulfide) groups is 1. The molecular weight excluding hydrogens is 280 g/mol. The highest BCUT2D eigenvalue weighted by atomic mass is 32.2. The number of hydrogen-bond acceptors (Lipinski definition) is 6. The molecule has 0 spiro atoms. The quantitative estimate of drug-likeness (QED) is 0.845. The monoisotopic (exact) mass is 300 g/mol. The fraction of sp³-hybridized carbons (Fsp3) is 0.692. The van der Waals surface area contributed by atoms with E-state index >= 15 is 0 Å². The van der Waals surface area contributed by atoms with Crippen LogP contribution in [0.5, 0.6) is 0 Å². The summed E-state index contributed by atoms with van der Waals surface area (Å²) >= 11 is 3.37. The first-order chi connectivity index (χ1) is 9.22. The van der Waals surface area contributed by atoms with Crippen molar-refractivity contribution < 1.29 is 9.53 Å². The Morgan fingerprint density at radius 1 is 1.53 bits per heavy atom. The van der Waals surface area contributed by atoms with Crippen molar-refractivity contribution in [2.75, 3.05) is 24.2 Å². The number of nitrogens with zero attached hydrogens (tertiary/aromatic N) is 1. The molecule has 0 bridgehead atoms. The highest BCUT2D eigenvalue weighted by Crippen LogP contribution is 2.28. The van der Waals surface area contributed by atoms with Crippen LogP contribution in [0.2, 0.25) is 0 Å². The van der Waals surface area contributed by atoms with Gasteiger partial charge in [0.25, 0.3) is 0 Å². The standard InChI is InChI=1S/C13H20N2O2S2/c1-3-17-13(16)11-9(2)15-19-12(11)14-8-10-6-4-5-7-18-10/h10,14H,3-8H2,1-2H3. The molecule has 1 unspecified atom stereocenters. The second kappa shape index (κ2) is 7.14. The fourth-order valence-corrected chi connectivity index (χ4v) is 4.14. The lowest BCUT2D eigenvalue weighted by molar-refractivity contribution is 0.0527. The number of ether oxygens (including phenoxy) is 1. The van der Waals surface area contributed by atoms with E-state index in [4.69, 9.17) is 4.74 Å². The highest BCUT2D eigenvalue weighted by Gasteiger charge is 2.21. The van der Waals surface area contributed by atoms with Crippen LogP contribution in [0.1, 0.15) is 42.2 Å². The molecule has 19 heavy (non-hydrogen) atoms. The van der Waals surface area contributed by atoms with E-state index in [1.807, 2.05) is 25.6 Å². The molecule has 0 amide bonds. The maximum absolute atomic E-state index is 11.9. The first kappa shape index (κ1) is 14.7. The molecule has 0 aromatic carbocycles. The zero-order valence-electron chi connectivity index (χ0n) is 11.4. The van der Waals surface area contributed by atoms with Crippen LogP contribution in [-0.2, 0) is 4.74 Å². The number of aromatic nitrogens is 1. The third kappa shape index (κ3) is 3.86. The Balaban J connectivity index is 1.97. The summed E-state index contributed by atoms with van der Waals surface area (Å²) in [6, 6.07) is 0. The van der Waals surface area contributed by atoms with Crippen molar-refractivity contribution in [2.45, 2.75) is 38.4 Å². The van der Waals surface area contributed by atoms with Gasteiger partial charge in [0.2, 0.25) is 0 Å². The lowest BCUT2D eigenvalue weighted by atomic mass is 10.2. The minimum atomic E-state index is -0.271. The molecular formula is C13H20N2O2S2. The predicted molar refractivity (Wildman–Crippen MR) is 81.4 cm³/mol. The van der Waals surface area contributed by atoms with Gasteiger partial charge in [0.15, 0.2) is 0 Å². The summed E-state index contributed by atoms with van der Waals surface area (Å²) in [7, 11) is 0. The van der Waals surface area contributed by atoms with Gasteiger partial charge >= 0.3 is 5.97 Å². The van der Waals surface area contributed by atoms with Crippen LogP contribution >= 0.6 is 23.3 Å². The van der Waals surface area contributed by atoms with Crippen LogP contribution < -0.4 is 5.32 Å². The van der Waals surface area contributed by atoms with Gasteiger partial charge < -0.3 is 10.1 Å². The molecule has 1 saturated heterocycles. The molecule has 1 aromatic heterocycles. The maximum atomic E-state index is 11.9. The second-order valence-corrected chi connectivity index (χ2v) is 6.74. The summed E-state index contributed by atoms with van der Waals surface area (Å²) in [5.41, 5.74) is 1.36. The number of carbonyl (C=O) groups is 1. The van der Waals surface area contributed by atoms with Crippen LogP contribution in [0.25, 0.3) is 0 Å². The molecule has 1 N–H and O–H groups in total. The van der Waals surface area contributed by atoms with Gasteiger partial charge in [0.05, 0.1) is 12.3 Å². The van der Waals surface area contributed by atoms with Gasteiger partial charge in [-0.3, -0.25) is 0 Å². The fourth-order valence-electron chi connectivity index (χ4n) is 2.11. The van der Waals surface area contributed by atoms with E-state index in [-0.39, 0.29) is 5.97 Å². The molecule has 2 rings (SSSR count). The summed E-state index contributed by atoms with van der Waals surface area (Å²) in [6.45, 7) is 4.97. The molecule has 1 aliphatic rings. The minimum Gasteiger partial charge on any atom is -0.462 e. The van der Waals surface area contributed by atoms with Crippen molar-refractivity contribution in [3.63, 3.8) is 0 Å². The van der Waals surface area contributed by atoms with Crippen LogP contribution in [-0.4, -0.2) is 34.5 Å². The van der Waals surface area contributed by atoms with Crippen LogP contribution in [0.4, 0.5) is 5.00 Å². The van der Waals surface area contributed by atoms with E-state index < -0.39 is 0 Å². The Hall–Kier alpha value is -0.750. The predicted octanol–water partition coefficient (Wildman–Crippen LogP) is 3.33. The number of hydrogen-bond donors (Lipinski definition) is 1. The number of aryl methyl sites for hydroxylation is 1. The maximum Gasteiger partial charge on any atom is 0.343 e. The molecule has 106 valence electrons. The smallest absolute Gasteiger partial charge is 0.343 e. The van der Waals surface area contributed by atoms with E-state index in [1.54, 1.807) is 0 Å². The Kier molecular flexibility index (Phi) is 5.51. The van der Waals surface area contributed by atoms with Crippen LogP contribution in [0, 0.1) is 6.92 Å². The lowest BCUT2D eigenvalue weighted by Gasteiger charge is -2.21. The highest BCUT2D eigenvalue weighted by molar-refractivity contribution is 7.99. The Morgan fingerprint density at radius 2 is 2.37 bits per heavy atom. The van der Waals surface area contributed by atoms with Crippen LogP contribution in [0.3, 0.4) is 0 Å². The van der Waals surface area contributed by atoms with Crippen molar-refractivity contribution in [1.82, 2.24) is 4.37 Å². The molecule has 0 saturated carbocycles. The van der Waals surface area contributed by atoms with Gasteiger partial charge in [-0.05, 0) is 44.0 Å². The number of esters is 1. The van der Waals surface area contributed by atoms with Crippen LogP contribution in [0.15, 0.2) is 0 Å². The van der Waals surface area contributed by atoms with Crippen molar-refractivity contribution in [3.8, 4) is 0 Å². The average molecular weight is 300 g/mol. The van der Waals surface area contributed by atoms with E-state index in [2.05, 4.69) is 9.69 Å². The average Bonchev–Trinajstić information content (AvgIpc) is 2.79. The minimum absolute atomic E-state index is 0.271. The zero-order valence-corrected chi connectivity index (χ0v) is 13.0. The normalized spacial score (nSPS) is 19.2. The van der Waals surface area contributed by atoms with Gasteiger partial charge in [-0.25, -0.2) is 4.79 Å². The lowest BCUT2D eigenvalue weighted by Crippen LogP contribution is -2.20. The van der Waals surface area contributed by atoms with Gasteiger partial charge in [0, 0.05) is 11.8 Å². The Morgan fingerprint density at radius 3 is 3.05 bits per heavy atom. The topological polar surface area (TPSA) is 51.2 Å². The van der Waals surface area contributed by atoms with Crippen molar-refractivity contribution in [2.24, 2.45) is 0 Å². The third-order valence-corrected chi connectivity index (χ3v) is 5.40. The molecule has 1 fully saturated rings. The van der Waals surface area contributed by atoms with E-state index in [0.717, 1.165) is 17.2 Å². The van der Waals surface area contributed by atoms with Gasteiger partial charge in [0.1, 0.15) is 10.6 Å². The zero-order chi connectivity index (χ0) is 13.7. The first-order valence-electron chi connectivity index (χ1n) is 6.71. The van der Waals surface area contributed by atoms with Crippen molar-refractivity contribution in [3.05, 3.63) is 11.3 Å². The molecule has 1 atom stereocenters. The number of rotatable bonds is 5. The van der Waals surface area contributed by atoms with Gasteiger partial charge in [-0.2, -0.15) is 16.1 Å². The van der Waals surface area contributed by atoms with Gasteiger partial charge in [-0.1, -0.05) is 6.42 Å². The summed E-state index contributed by atoms with van der Waals surface area (Å²) < 4.78 is 9.34. The first-order valence-corrected chi connectivity index (χ1v) is 8.53. The number of anilines is 1. The number of carbonyl (C=O) groups excluding carboxylic acids is 1. The summed E-state index contributed by atoms with van der Waals surface area (Å²) in [6.07, 6.45) is 3.89. The molecule has 6 heteroatoms. The Bertz CT molecular complexity index is 428. The summed E-state index contributed by atoms with van der Waals surface area (Å²) in [4.78, 5) is 11.9.